The van der Waals surface area contributed by atoms with Crippen molar-refractivity contribution in [1.29, 1.82) is 0 Å². The second-order valence-electron chi connectivity index (χ2n) is 5.71. The van der Waals surface area contributed by atoms with Gasteiger partial charge >= 0.3 is 0 Å². The Kier molecular flexibility index (Phi) is 6.35. The van der Waals surface area contributed by atoms with Gasteiger partial charge in [-0.2, -0.15) is 0 Å². The topological polar surface area (TPSA) is 85.4 Å². The summed E-state index contributed by atoms with van der Waals surface area (Å²) in [4.78, 5) is 20.4. The van der Waals surface area contributed by atoms with Crippen LogP contribution < -0.4 is 20.1 Å². The van der Waals surface area contributed by atoms with Crippen LogP contribution >= 0.6 is 0 Å². The lowest BCUT2D eigenvalue weighted by atomic mass is 10.2. The normalized spacial score (nSPS) is 10.2. The smallest absolute Gasteiger partial charge is 0.258 e. The summed E-state index contributed by atoms with van der Waals surface area (Å²) in [5, 5.41) is 5.66. The minimum Gasteiger partial charge on any atom is -0.497 e. The number of nitrogens with zero attached hydrogens (tertiary/aromatic N) is 2. The molecular formula is C20H19FN4O3. The van der Waals surface area contributed by atoms with Crippen molar-refractivity contribution in [1.82, 2.24) is 9.97 Å². The second kappa shape index (κ2) is 9.31. The molecule has 0 aliphatic rings. The summed E-state index contributed by atoms with van der Waals surface area (Å²) in [7, 11) is 1.61. The molecule has 7 nitrogen and oxygen atoms in total. The van der Waals surface area contributed by atoms with Crippen molar-refractivity contribution in [3.05, 3.63) is 72.3 Å². The summed E-state index contributed by atoms with van der Waals surface area (Å²) in [5.74, 6) is 1.14. The molecule has 1 aromatic heterocycles. The van der Waals surface area contributed by atoms with Gasteiger partial charge < -0.3 is 20.1 Å². The molecule has 0 spiro atoms. The molecule has 0 unspecified atom stereocenters. The zero-order valence-corrected chi connectivity index (χ0v) is 15.2. The number of anilines is 2. The third-order valence-electron chi connectivity index (χ3n) is 3.73. The number of nitrogens with one attached hydrogen (secondary N) is 2. The number of hydrogen-bond donors (Lipinski definition) is 2. The molecule has 2 aromatic carbocycles. The molecule has 2 N–H and O–H groups in total. The zero-order chi connectivity index (χ0) is 19.8. The number of ether oxygens (including phenoxy) is 2. The molecule has 28 heavy (non-hydrogen) atoms. The van der Waals surface area contributed by atoms with Crippen molar-refractivity contribution >= 4 is 17.5 Å². The highest BCUT2D eigenvalue weighted by molar-refractivity contribution is 6.03. The summed E-state index contributed by atoms with van der Waals surface area (Å²) in [6, 6.07) is 12.8. The molecule has 0 saturated heterocycles. The monoisotopic (exact) mass is 382 g/mol. The lowest BCUT2D eigenvalue weighted by Gasteiger charge is -2.09. The molecule has 3 rings (SSSR count). The molecule has 8 heteroatoms. The lowest BCUT2D eigenvalue weighted by molar-refractivity contribution is 0.102. The number of aromatic nitrogens is 2. The van der Waals surface area contributed by atoms with E-state index in [9.17, 15) is 9.18 Å². The van der Waals surface area contributed by atoms with E-state index >= 15 is 0 Å². The molecule has 1 heterocycles. The fourth-order valence-corrected chi connectivity index (χ4v) is 2.28. The second-order valence-corrected chi connectivity index (χ2v) is 5.71. The van der Waals surface area contributed by atoms with Gasteiger partial charge in [-0.25, -0.2) is 14.4 Å². The third-order valence-corrected chi connectivity index (χ3v) is 3.73. The van der Waals surface area contributed by atoms with E-state index in [1.54, 1.807) is 7.11 Å². The van der Waals surface area contributed by atoms with Gasteiger partial charge in [0.2, 0.25) is 5.95 Å². The standard InChI is InChI=1S/C20H19FN4O3/c1-27-17-6-8-18(9-7-17)28-11-10-22-20-23-12-14(13-24-20)19(26)25-16-4-2-15(21)3-5-16/h2-9,12-13H,10-11H2,1H3,(H,25,26)(H,22,23,24). The minimum absolute atomic E-state index is 0.296. The molecule has 0 saturated carbocycles. The Morgan fingerprint density at radius 2 is 1.64 bits per heavy atom. The number of benzene rings is 2. The molecular weight excluding hydrogens is 363 g/mol. The number of methoxy groups -OCH3 is 1. The first-order valence-electron chi connectivity index (χ1n) is 8.54. The number of carbonyl (C=O) groups is 1. The van der Waals surface area contributed by atoms with Gasteiger partial charge in [-0.15, -0.1) is 0 Å². The zero-order valence-electron chi connectivity index (χ0n) is 15.2. The first-order chi connectivity index (χ1) is 13.6. The molecule has 0 radical (unpaired) electrons. The van der Waals surface area contributed by atoms with Gasteiger partial charge in [-0.3, -0.25) is 4.79 Å². The highest BCUT2D eigenvalue weighted by Gasteiger charge is 2.08. The van der Waals surface area contributed by atoms with Gasteiger partial charge in [0.25, 0.3) is 5.91 Å². The fourth-order valence-electron chi connectivity index (χ4n) is 2.28. The summed E-state index contributed by atoms with van der Waals surface area (Å²) in [5.41, 5.74) is 0.786. The Bertz CT molecular complexity index is 900. The fraction of sp³-hybridized carbons (Fsp3) is 0.150. The molecule has 0 atom stereocenters. The maximum absolute atomic E-state index is 12.9. The van der Waals surface area contributed by atoms with Crippen molar-refractivity contribution in [3.8, 4) is 11.5 Å². The van der Waals surface area contributed by atoms with Crippen molar-refractivity contribution in [2.75, 3.05) is 30.9 Å². The van der Waals surface area contributed by atoms with Crippen LogP contribution in [0.5, 0.6) is 11.5 Å². The maximum Gasteiger partial charge on any atom is 0.258 e. The van der Waals surface area contributed by atoms with E-state index in [0.717, 1.165) is 11.5 Å². The Balaban J connectivity index is 1.44. The minimum atomic E-state index is -0.374. The number of carbonyl (C=O) groups excluding carboxylic acids is 1. The third kappa shape index (κ3) is 5.41. The first-order valence-corrected chi connectivity index (χ1v) is 8.54. The molecule has 0 fully saturated rings. The van der Waals surface area contributed by atoms with Gasteiger partial charge in [0.05, 0.1) is 19.2 Å². The Hall–Kier alpha value is -3.68. The van der Waals surface area contributed by atoms with E-state index in [2.05, 4.69) is 20.6 Å². The van der Waals surface area contributed by atoms with Crippen molar-refractivity contribution in [2.24, 2.45) is 0 Å². The van der Waals surface area contributed by atoms with Crippen molar-refractivity contribution in [3.63, 3.8) is 0 Å². The Morgan fingerprint density at radius 3 is 2.29 bits per heavy atom. The van der Waals surface area contributed by atoms with Crippen molar-refractivity contribution in [2.45, 2.75) is 0 Å². The quantitative estimate of drug-likeness (QED) is 0.581. The van der Waals surface area contributed by atoms with E-state index in [0.29, 0.717) is 30.4 Å². The van der Waals surface area contributed by atoms with Gasteiger partial charge in [0.15, 0.2) is 0 Å². The number of rotatable bonds is 8. The average Bonchev–Trinajstić information content (AvgIpc) is 2.73. The van der Waals surface area contributed by atoms with Crippen LogP contribution in [0.15, 0.2) is 60.9 Å². The van der Waals surface area contributed by atoms with Crippen LogP contribution in [0.4, 0.5) is 16.0 Å². The number of halogens is 1. The number of amides is 1. The molecule has 1 amide bonds. The van der Waals surface area contributed by atoms with E-state index in [1.165, 1.54) is 36.7 Å². The largest absolute Gasteiger partial charge is 0.497 e. The van der Waals surface area contributed by atoms with Gasteiger partial charge in [-0.05, 0) is 48.5 Å². The van der Waals surface area contributed by atoms with E-state index < -0.39 is 0 Å². The van der Waals surface area contributed by atoms with Gasteiger partial charge in [0, 0.05) is 18.1 Å². The van der Waals surface area contributed by atoms with Crippen LogP contribution in [0.2, 0.25) is 0 Å². The molecule has 144 valence electrons. The van der Waals surface area contributed by atoms with E-state index in [4.69, 9.17) is 9.47 Å². The lowest BCUT2D eigenvalue weighted by Crippen LogP contribution is -2.15. The summed E-state index contributed by atoms with van der Waals surface area (Å²) in [6.07, 6.45) is 2.83. The summed E-state index contributed by atoms with van der Waals surface area (Å²) >= 11 is 0. The van der Waals surface area contributed by atoms with E-state index in [-0.39, 0.29) is 11.7 Å². The van der Waals surface area contributed by atoms with Gasteiger partial charge in [-0.1, -0.05) is 0 Å². The number of hydrogen-bond acceptors (Lipinski definition) is 6. The van der Waals surface area contributed by atoms with Crippen LogP contribution in [0.25, 0.3) is 0 Å². The van der Waals surface area contributed by atoms with Gasteiger partial charge in [0.1, 0.15) is 23.9 Å². The van der Waals surface area contributed by atoms with Crippen LogP contribution in [-0.4, -0.2) is 36.1 Å². The maximum atomic E-state index is 12.9. The summed E-state index contributed by atoms with van der Waals surface area (Å²) < 4.78 is 23.6. The SMILES string of the molecule is COc1ccc(OCCNc2ncc(C(=O)Nc3ccc(F)cc3)cn2)cc1. The summed E-state index contributed by atoms with van der Waals surface area (Å²) in [6.45, 7) is 0.912. The Morgan fingerprint density at radius 1 is 1.00 bits per heavy atom. The highest BCUT2D eigenvalue weighted by atomic mass is 19.1. The molecule has 0 aliphatic carbocycles. The molecule has 0 bridgehead atoms. The van der Waals surface area contributed by atoms with Crippen molar-refractivity contribution < 1.29 is 18.7 Å². The van der Waals surface area contributed by atoms with Crippen LogP contribution in [-0.2, 0) is 0 Å². The van der Waals surface area contributed by atoms with E-state index in [1.807, 2.05) is 24.3 Å². The predicted molar refractivity (Wildman–Crippen MR) is 103 cm³/mol. The first kappa shape index (κ1) is 19.1. The highest BCUT2D eigenvalue weighted by Crippen LogP contribution is 2.16. The average molecular weight is 382 g/mol. The molecule has 0 aliphatic heterocycles. The van der Waals surface area contributed by atoms with Crippen LogP contribution in [0.1, 0.15) is 10.4 Å². The Labute approximate surface area is 161 Å². The van der Waals surface area contributed by atoms with Crippen LogP contribution in [0.3, 0.4) is 0 Å². The predicted octanol–water partition coefficient (Wildman–Crippen LogP) is 3.37. The van der Waals surface area contributed by atoms with Crippen LogP contribution in [0, 0.1) is 5.82 Å². The molecule has 3 aromatic rings.